The van der Waals surface area contributed by atoms with Gasteiger partial charge in [-0.05, 0) is 35.9 Å². The van der Waals surface area contributed by atoms with Gasteiger partial charge in [0.25, 0.3) is 0 Å². The molecular formula is C24H29ClN4O5S. The first kappa shape index (κ1) is 26.6. The molecule has 0 bridgehead atoms. The van der Waals surface area contributed by atoms with Crippen LogP contribution in [0.5, 0.6) is 11.5 Å². The maximum atomic E-state index is 12.0. The molecule has 0 aliphatic heterocycles. The fourth-order valence-corrected chi connectivity index (χ4v) is 4.22. The summed E-state index contributed by atoms with van der Waals surface area (Å²) in [4.78, 5) is 3.39. The van der Waals surface area contributed by atoms with Crippen molar-refractivity contribution in [3.63, 3.8) is 0 Å². The highest BCUT2D eigenvalue weighted by Gasteiger charge is 2.17. The molecule has 1 heterocycles. The number of aromatic nitrogens is 1. The van der Waals surface area contributed by atoms with Crippen LogP contribution in [0.1, 0.15) is 11.7 Å². The van der Waals surface area contributed by atoms with Crippen molar-refractivity contribution < 1.29 is 23.4 Å². The number of nitrogens with one attached hydrogen (secondary N) is 3. The average molecular weight is 521 g/mol. The summed E-state index contributed by atoms with van der Waals surface area (Å²) in [6.45, 7) is 1.14. The molecule has 9 nitrogen and oxygen atoms in total. The van der Waals surface area contributed by atoms with E-state index in [-0.39, 0.29) is 30.4 Å². The number of hydrogen-bond donors (Lipinski definition) is 5. The maximum Gasteiger partial charge on any atom is 0.301 e. The number of aliphatic hydroxyl groups is 1. The third kappa shape index (κ3) is 6.16. The zero-order valence-corrected chi connectivity index (χ0v) is 21.0. The van der Waals surface area contributed by atoms with E-state index in [9.17, 15) is 18.6 Å². The second kappa shape index (κ2) is 11.1. The van der Waals surface area contributed by atoms with Crippen molar-refractivity contribution in [2.24, 2.45) is 0 Å². The van der Waals surface area contributed by atoms with Gasteiger partial charge in [-0.15, -0.1) is 12.4 Å². The lowest BCUT2D eigenvalue weighted by atomic mass is 10.1. The van der Waals surface area contributed by atoms with Crippen LogP contribution in [0.25, 0.3) is 21.8 Å². The molecule has 0 radical (unpaired) electrons. The van der Waals surface area contributed by atoms with Gasteiger partial charge in [-0.1, -0.05) is 24.3 Å². The number of fused-ring (bicyclic) bond motifs is 3. The number of hydrogen-bond acceptors (Lipinski definition) is 6. The number of anilines is 1. The summed E-state index contributed by atoms with van der Waals surface area (Å²) in [7, 11) is -1.03. The number of aromatic amines is 1. The molecule has 35 heavy (non-hydrogen) atoms. The van der Waals surface area contributed by atoms with Crippen LogP contribution < -0.4 is 14.8 Å². The lowest BCUT2D eigenvalue weighted by Crippen LogP contribution is -2.29. The molecule has 0 spiro atoms. The summed E-state index contributed by atoms with van der Waals surface area (Å²) in [5, 5.41) is 25.9. The molecule has 188 valence electrons. The van der Waals surface area contributed by atoms with Gasteiger partial charge < -0.3 is 25.3 Å². The number of nitrogens with zero attached hydrogens (tertiary/aromatic N) is 1. The van der Waals surface area contributed by atoms with E-state index in [2.05, 4.69) is 21.1 Å². The molecule has 1 aromatic heterocycles. The third-order valence-corrected chi connectivity index (χ3v) is 6.93. The Hall–Kier alpha value is -3.02. The highest BCUT2D eigenvalue weighted by molar-refractivity contribution is 7.90. The summed E-state index contributed by atoms with van der Waals surface area (Å²) >= 11 is 0. The largest absolute Gasteiger partial charge is 0.506 e. The Morgan fingerprint density at radius 3 is 2.54 bits per heavy atom. The van der Waals surface area contributed by atoms with Gasteiger partial charge in [0, 0.05) is 49.5 Å². The number of halogens is 1. The minimum atomic E-state index is -3.78. The lowest BCUT2D eigenvalue weighted by molar-refractivity contribution is 0.172. The second-order valence-electron chi connectivity index (χ2n) is 8.11. The van der Waals surface area contributed by atoms with Gasteiger partial charge in [0.2, 0.25) is 0 Å². The van der Waals surface area contributed by atoms with Crippen molar-refractivity contribution in [2.75, 3.05) is 38.5 Å². The van der Waals surface area contributed by atoms with E-state index < -0.39 is 16.3 Å². The predicted molar refractivity (Wildman–Crippen MR) is 141 cm³/mol. The fourth-order valence-electron chi connectivity index (χ4n) is 3.59. The van der Waals surface area contributed by atoms with Gasteiger partial charge in [-0.2, -0.15) is 12.7 Å². The Bertz CT molecular complexity index is 1410. The normalized spacial score (nSPS) is 12.6. The Kier molecular flexibility index (Phi) is 8.47. The smallest absolute Gasteiger partial charge is 0.301 e. The molecule has 0 aliphatic rings. The summed E-state index contributed by atoms with van der Waals surface area (Å²) in [5.41, 5.74) is 2.56. The van der Waals surface area contributed by atoms with Crippen LogP contribution in [0.15, 0.2) is 60.7 Å². The minimum Gasteiger partial charge on any atom is -0.506 e. The number of aliphatic hydroxyl groups excluding tert-OH is 1. The Morgan fingerprint density at radius 1 is 1.03 bits per heavy atom. The van der Waals surface area contributed by atoms with E-state index in [0.717, 1.165) is 26.5 Å². The molecule has 0 aliphatic carbocycles. The lowest BCUT2D eigenvalue weighted by Gasteiger charge is -2.17. The standard InChI is InChI=1S/C24H28N4O5S.ClH/c1-28(2)34(31,32)27-22-13-16(7-10-23(22)29)24(30)15-25-11-12-33-17-8-9-19-18-5-3-4-6-20(18)26-21(19)14-17;/h3-10,13-14,24-27,29-30H,11-12,15H2,1-2H3;1H/t24-;/m0./s1. The number of phenols is 1. The number of benzene rings is 3. The van der Waals surface area contributed by atoms with Crippen molar-refractivity contribution in [3.05, 3.63) is 66.2 Å². The van der Waals surface area contributed by atoms with Crippen molar-refractivity contribution in [2.45, 2.75) is 6.10 Å². The van der Waals surface area contributed by atoms with Gasteiger partial charge in [-0.3, -0.25) is 4.72 Å². The Morgan fingerprint density at radius 2 is 1.77 bits per heavy atom. The van der Waals surface area contributed by atoms with Crippen LogP contribution in [0, 0.1) is 0 Å². The van der Waals surface area contributed by atoms with E-state index in [4.69, 9.17) is 4.74 Å². The second-order valence-corrected chi connectivity index (χ2v) is 10.00. The highest BCUT2D eigenvalue weighted by Crippen LogP contribution is 2.29. The molecular weight excluding hydrogens is 492 g/mol. The van der Waals surface area contributed by atoms with Crippen molar-refractivity contribution in [3.8, 4) is 11.5 Å². The molecule has 0 saturated carbocycles. The Labute approximate surface area is 210 Å². The molecule has 5 N–H and O–H groups in total. The van der Waals surface area contributed by atoms with Gasteiger partial charge in [0.15, 0.2) is 0 Å². The van der Waals surface area contributed by atoms with Crippen LogP contribution in [-0.2, 0) is 10.2 Å². The molecule has 11 heteroatoms. The Balaban J connectivity index is 0.00000342. The quantitative estimate of drug-likeness (QED) is 0.161. The fraction of sp³-hybridized carbons (Fsp3) is 0.250. The van der Waals surface area contributed by atoms with E-state index >= 15 is 0 Å². The molecule has 0 amide bonds. The van der Waals surface area contributed by atoms with Crippen LogP contribution in [0.2, 0.25) is 0 Å². The number of phenolic OH excluding ortho intramolecular Hbond substituents is 1. The molecule has 0 fully saturated rings. The molecule has 4 rings (SSSR count). The number of H-pyrrole nitrogens is 1. The van der Waals surface area contributed by atoms with E-state index in [0.29, 0.717) is 18.7 Å². The van der Waals surface area contributed by atoms with Crippen LogP contribution in [-0.4, -0.2) is 61.7 Å². The molecule has 3 aromatic carbocycles. The molecule has 1 atom stereocenters. The number of para-hydroxylation sites is 1. The van der Waals surface area contributed by atoms with Gasteiger partial charge in [-0.25, -0.2) is 0 Å². The van der Waals surface area contributed by atoms with Crippen molar-refractivity contribution in [1.29, 1.82) is 0 Å². The predicted octanol–water partition coefficient (Wildman–Crippen LogP) is 3.37. The molecule has 0 unspecified atom stereocenters. The van der Waals surface area contributed by atoms with E-state index in [1.54, 1.807) is 6.07 Å². The zero-order valence-electron chi connectivity index (χ0n) is 19.4. The summed E-state index contributed by atoms with van der Waals surface area (Å²) in [6.07, 6.45) is -0.897. The number of rotatable bonds is 10. The van der Waals surface area contributed by atoms with E-state index in [1.807, 2.05) is 36.4 Å². The zero-order chi connectivity index (χ0) is 24.3. The molecule has 0 saturated heterocycles. The first-order chi connectivity index (χ1) is 16.2. The van der Waals surface area contributed by atoms with Crippen LogP contribution in [0.4, 0.5) is 5.69 Å². The summed E-state index contributed by atoms with van der Waals surface area (Å²) < 4.78 is 33.2. The van der Waals surface area contributed by atoms with Gasteiger partial charge in [0.05, 0.1) is 17.3 Å². The van der Waals surface area contributed by atoms with Gasteiger partial charge >= 0.3 is 10.2 Å². The summed E-state index contributed by atoms with van der Waals surface area (Å²) in [6, 6.07) is 18.4. The number of aromatic hydroxyl groups is 1. The average Bonchev–Trinajstić information content (AvgIpc) is 3.17. The topological polar surface area (TPSA) is 127 Å². The summed E-state index contributed by atoms with van der Waals surface area (Å²) in [5.74, 6) is 0.521. The SMILES string of the molecule is CN(C)S(=O)(=O)Nc1cc([C@@H](O)CNCCOc2ccc3c(c2)[nH]c2ccccc23)ccc1O.Cl. The first-order valence-corrected chi connectivity index (χ1v) is 12.2. The highest BCUT2D eigenvalue weighted by atomic mass is 35.5. The van der Waals surface area contributed by atoms with Crippen LogP contribution in [0.3, 0.4) is 0 Å². The van der Waals surface area contributed by atoms with Gasteiger partial charge in [0.1, 0.15) is 18.1 Å². The molecule has 4 aromatic rings. The monoisotopic (exact) mass is 520 g/mol. The van der Waals surface area contributed by atoms with Crippen molar-refractivity contribution >= 4 is 50.1 Å². The third-order valence-electron chi connectivity index (χ3n) is 5.49. The number of ether oxygens (including phenoxy) is 1. The van der Waals surface area contributed by atoms with Crippen molar-refractivity contribution in [1.82, 2.24) is 14.6 Å². The first-order valence-electron chi connectivity index (χ1n) is 10.8. The maximum absolute atomic E-state index is 12.0. The minimum absolute atomic E-state index is 0. The van der Waals surface area contributed by atoms with Crippen LogP contribution >= 0.6 is 12.4 Å². The van der Waals surface area contributed by atoms with E-state index in [1.165, 1.54) is 31.6 Å².